The third kappa shape index (κ3) is 3.80. The average molecular weight is 369 g/mol. The number of anilines is 1. The molecule has 0 saturated carbocycles. The van der Waals surface area contributed by atoms with Crippen LogP contribution in [-0.4, -0.2) is 37.4 Å². The van der Waals surface area contributed by atoms with E-state index in [0.717, 1.165) is 12.1 Å². The van der Waals surface area contributed by atoms with Crippen molar-refractivity contribution in [2.45, 2.75) is 6.54 Å². The summed E-state index contributed by atoms with van der Waals surface area (Å²) in [5, 5.41) is 0.365. The van der Waals surface area contributed by atoms with Gasteiger partial charge in [-0.3, -0.25) is 9.69 Å². The van der Waals surface area contributed by atoms with Gasteiger partial charge >= 0.3 is 0 Å². The summed E-state index contributed by atoms with van der Waals surface area (Å²) >= 11 is 6.04. The normalized spacial score (nSPS) is 15.4. The van der Waals surface area contributed by atoms with Gasteiger partial charge in [0.2, 0.25) is 0 Å². The minimum Gasteiger partial charge on any atom is -0.364 e. The van der Waals surface area contributed by atoms with Gasteiger partial charge in [-0.25, -0.2) is 13.2 Å². The number of piperazine rings is 1. The predicted molar refractivity (Wildman–Crippen MR) is 90.6 cm³/mol. The largest absolute Gasteiger partial charge is 0.364 e. The van der Waals surface area contributed by atoms with Crippen molar-refractivity contribution >= 4 is 23.6 Å². The average Bonchev–Trinajstić information content (AvgIpc) is 2.59. The molecular formula is C18H16ClF3N2O. The summed E-state index contributed by atoms with van der Waals surface area (Å²) < 4.78 is 42.1. The molecule has 1 saturated heterocycles. The second kappa shape index (κ2) is 7.45. The topological polar surface area (TPSA) is 23.6 Å². The minimum absolute atomic E-state index is 0.0356. The van der Waals surface area contributed by atoms with Crippen LogP contribution in [0.25, 0.3) is 0 Å². The van der Waals surface area contributed by atoms with Crippen LogP contribution < -0.4 is 4.90 Å². The molecule has 3 rings (SSSR count). The monoisotopic (exact) mass is 368 g/mol. The molecule has 1 aliphatic heterocycles. The Bertz CT molecular complexity index is 749. The Balaban J connectivity index is 1.69. The second-order valence-corrected chi connectivity index (χ2v) is 6.32. The highest BCUT2D eigenvalue weighted by Gasteiger charge is 2.24. The van der Waals surface area contributed by atoms with Crippen molar-refractivity contribution in [3.63, 3.8) is 0 Å². The van der Waals surface area contributed by atoms with Crippen molar-refractivity contribution in [1.82, 2.24) is 4.90 Å². The zero-order chi connectivity index (χ0) is 18.0. The molecule has 0 unspecified atom stereocenters. The van der Waals surface area contributed by atoms with Gasteiger partial charge in [-0.1, -0.05) is 17.7 Å². The fraction of sp³-hybridized carbons (Fsp3) is 0.278. The van der Waals surface area contributed by atoms with E-state index in [1.165, 1.54) is 6.07 Å². The van der Waals surface area contributed by atoms with Gasteiger partial charge in [0.1, 0.15) is 29.4 Å². The molecule has 0 N–H and O–H groups in total. The van der Waals surface area contributed by atoms with E-state index < -0.39 is 11.6 Å². The van der Waals surface area contributed by atoms with E-state index in [0.29, 0.717) is 49.6 Å². The fourth-order valence-electron chi connectivity index (χ4n) is 2.99. The van der Waals surface area contributed by atoms with Crippen LogP contribution in [0.2, 0.25) is 5.02 Å². The third-order valence-electron chi connectivity index (χ3n) is 4.31. The van der Waals surface area contributed by atoms with Crippen LogP contribution >= 0.6 is 11.6 Å². The van der Waals surface area contributed by atoms with E-state index in [1.807, 2.05) is 4.90 Å². The molecule has 1 aliphatic rings. The lowest BCUT2D eigenvalue weighted by molar-refractivity contribution is 0.112. The molecule has 7 heteroatoms. The number of carbonyl (C=O) groups is 1. The molecule has 2 aromatic carbocycles. The molecule has 3 nitrogen and oxygen atoms in total. The van der Waals surface area contributed by atoms with Crippen LogP contribution in [0.4, 0.5) is 18.9 Å². The molecule has 0 atom stereocenters. The van der Waals surface area contributed by atoms with Gasteiger partial charge in [0.25, 0.3) is 0 Å². The lowest BCUT2D eigenvalue weighted by atomic mass is 10.1. The van der Waals surface area contributed by atoms with Crippen molar-refractivity contribution < 1.29 is 18.0 Å². The van der Waals surface area contributed by atoms with Crippen molar-refractivity contribution in [3.05, 3.63) is 63.9 Å². The SMILES string of the molecule is O=Cc1cc(F)c(N2CCN(Cc3c(F)cccc3Cl)CC2)c(F)c1. The first-order valence-electron chi connectivity index (χ1n) is 7.84. The summed E-state index contributed by atoms with van der Waals surface area (Å²) in [5.74, 6) is -1.88. The van der Waals surface area contributed by atoms with Crippen LogP contribution in [0.3, 0.4) is 0 Å². The Hall–Kier alpha value is -2.05. The summed E-state index contributed by atoms with van der Waals surface area (Å²) in [6.45, 7) is 2.15. The van der Waals surface area contributed by atoms with E-state index in [4.69, 9.17) is 11.6 Å². The Morgan fingerprint density at radius 3 is 2.20 bits per heavy atom. The van der Waals surface area contributed by atoms with Crippen LogP contribution in [0.5, 0.6) is 0 Å². The maximum Gasteiger partial charge on any atom is 0.150 e. The van der Waals surface area contributed by atoms with E-state index in [9.17, 15) is 18.0 Å². The van der Waals surface area contributed by atoms with Crippen molar-refractivity contribution in [2.75, 3.05) is 31.1 Å². The Morgan fingerprint density at radius 2 is 1.64 bits per heavy atom. The molecule has 2 aromatic rings. The van der Waals surface area contributed by atoms with Gasteiger partial charge in [-0.05, 0) is 24.3 Å². The molecular weight excluding hydrogens is 353 g/mol. The summed E-state index contributed by atoms with van der Waals surface area (Å²) in [6.07, 6.45) is 0.409. The Labute approximate surface area is 148 Å². The number of carbonyl (C=O) groups excluding carboxylic acids is 1. The number of hydrogen-bond donors (Lipinski definition) is 0. The molecule has 1 fully saturated rings. The summed E-state index contributed by atoms with van der Waals surface area (Å²) in [4.78, 5) is 14.3. The highest BCUT2D eigenvalue weighted by atomic mass is 35.5. The highest BCUT2D eigenvalue weighted by Crippen LogP contribution is 2.27. The van der Waals surface area contributed by atoms with E-state index in [-0.39, 0.29) is 17.1 Å². The van der Waals surface area contributed by atoms with E-state index in [2.05, 4.69) is 0 Å². The van der Waals surface area contributed by atoms with Gasteiger partial charge in [0, 0.05) is 48.9 Å². The Morgan fingerprint density at radius 1 is 1.00 bits per heavy atom. The lowest BCUT2D eigenvalue weighted by Crippen LogP contribution is -2.46. The number of rotatable bonds is 4. The van der Waals surface area contributed by atoms with Gasteiger partial charge in [-0.2, -0.15) is 0 Å². The van der Waals surface area contributed by atoms with Gasteiger partial charge < -0.3 is 4.90 Å². The maximum atomic E-state index is 14.1. The molecule has 132 valence electrons. The first kappa shape index (κ1) is 17.8. The van der Waals surface area contributed by atoms with Crippen molar-refractivity contribution in [2.24, 2.45) is 0 Å². The maximum absolute atomic E-state index is 14.1. The first-order valence-corrected chi connectivity index (χ1v) is 8.22. The Kier molecular flexibility index (Phi) is 5.30. The van der Waals surface area contributed by atoms with Gasteiger partial charge in [-0.15, -0.1) is 0 Å². The molecule has 0 amide bonds. The van der Waals surface area contributed by atoms with E-state index >= 15 is 0 Å². The highest BCUT2D eigenvalue weighted by molar-refractivity contribution is 6.31. The molecule has 0 aromatic heterocycles. The summed E-state index contributed by atoms with van der Waals surface area (Å²) in [6, 6.07) is 6.59. The van der Waals surface area contributed by atoms with Gasteiger partial charge in [0.15, 0.2) is 0 Å². The van der Waals surface area contributed by atoms with Crippen LogP contribution in [-0.2, 0) is 6.54 Å². The molecule has 0 aliphatic carbocycles. The van der Waals surface area contributed by atoms with Crippen LogP contribution in [0.15, 0.2) is 30.3 Å². The standard InChI is InChI=1S/C18H16ClF3N2O/c19-14-2-1-3-15(20)13(14)10-23-4-6-24(7-5-23)18-16(21)8-12(11-25)9-17(18)22/h1-3,8-9,11H,4-7,10H2. The molecule has 0 bridgehead atoms. The molecule has 0 radical (unpaired) electrons. The number of aldehydes is 1. The summed E-state index contributed by atoms with van der Waals surface area (Å²) in [5.41, 5.74) is 0.256. The predicted octanol–water partition coefficient (Wildman–Crippen LogP) is 3.89. The quantitative estimate of drug-likeness (QED) is 0.765. The number of hydrogen-bond acceptors (Lipinski definition) is 3. The van der Waals surface area contributed by atoms with Crippen molar-refractivity contribution in [3.8, 4) is 0 Å². The fourth-order valence-corrected chi connectivity index (χ4v) is 3.21. The van der Waals surface area contributed by atoms with E-state index in [1.54, 1.807) is 17.0 Å². The lowest BCUT2D eigenvalue weighted by Gasteiger charge is -2.36. The second-order valence-electron chi connectivity index (χ2n) is 5.91. The van der Waals surface area contributed by atoms with Crippen molar-refractivity contribution in [1.29, 1.82) is 0 Å². The number of nitrogens with zero attached hydrogens (tertiary/aromatic N) is 2. The van der Waals surface area contributed by atoms with Crippen LogP contribution in [0.1, 0.15) is 15.9 Å². The minimum atomic E-state index is -0.757. The molecule has 1 heterocycles. The first-order chi connectivity index (χ1) is 12.0. The molecule has 25 heavy (non-hydrogen) atoms. The zero-order valence-corrected chi connectivity index (χ0v) is 14.1. The summed E-state index contributed by atoms with van der Waals surface area (Å²) in [7, 11) is 0. The number of halogens is 4. The smallest absolute Gasteiger partial charge is 0.150 e. The zero-order valence-electron chi connectivity index (χ0n) is 13.3. The van der Waals surface area contributed by atoms with Crippen LogP contribution in [0, 0.1) is 17.5 Å². The third-order valence-corrected chi connectivity index (χ3v) is 4.66. The van der Waals surface area contributed by atoms with Gasteiger partial charge in [0.05, 0.1) is 0 Å². The molecule has 0 spiro atoms. The number of benzene rings is 2.